The molecule has 0 amide bonds. The van der Waals surface area contributed by atoms with E-state index in [1.807, 2.05) is 41.3 Å². The zero-order valence-corrected chi connectivity index (χ0v) is 19.0. The first-order chi connectivity index (χ1) is 16.9. The number of carbonyl (C=O) groups excluding carboxylic acids is 1. The van der Waals surface area contributed by atoms with Crippen molar-refractivity contribution >= 4 is 34.8 Å². The number of anilines is 1. The SMILES string of the molecule is N#CC1(C#N)[C@@H](c2ccccc2)[C@H](C(=O)c2ccc([N+](=O)[O-])cc2)N2c3ccc(Cl)cc3C=C[C@@H]21. The molecule has 0 bridgehead atoms. The van der Waals surface area contributed by atoms with E-state index in [1.54, 1.807) is 24.3 Å². The van der Waals surface area contributed by atoms with Crippen LogP contribution in [0.25, 0.3) is 6.08 Å². The molecule has 35 heavy (non-hydrogen) atoms. The molecule has 2 aliphatic heterocycles. The molecule has 0 radical (unpaired) electrons. The monoisotopic (exact) mass is 480 g/mol. The van der Waals surface area contributed by atoms with Crippen molar-refractivity contribution in [1.82, 2.24) is 0 Å². The van der Waals surface area contributed by atoms with E-state index >= 15 is 0 Å². The molecule has 0 saturated carbocycles. The molecular weight excluding hydrogens is 464 g/mol. The van der Waals surface area contributed by atoms with Crippen LogP contribution < -0.4 is 4.90 Å². The van der Waals surface area contributed by atoms with Gasteiger partial charge in [-0.25, -0.2) is 0 Å². The van der Waals surface area contributed by atoms with Gasteiger partial charge in [-0.3, -0.25) is 14.9 Å². The van der Waals surface area contributed by atoms with Gasteiger partial charge < -0.3 is 4.90 Å². The van der Waals surface area contributed by atoms with Crippen LogP contribution in [0.15, 0.2) is 78.9 Å². The lowest BCUT2D eigenvalue weighted by Crippen LogP contribution is -2.44. The molecule has 0 spiro atoms. The number of non-ortho nitro benzene ring substituents is 1. The number of benzene rings is 3. The van der Waals surface area contributed by atoms with E-state index in [4.69, 9.17) is 11.6 Å². The Morgan fingerprint density at radius 2 is 1.71 bits per heavy atom. The Labute approximate surface area is 206 Å². The normalized spacial score (nSPS) is 21.3. The van der Waals surface area contributed by atoms with Crippen molar-refractivity contribution in [2.75, 3.05) is 4.90 Å². The van der Waals surface area contributed by atoms with Gasteiger partial charge in [-0.15, -0.1) is 0 Å². The lowest BCUT2D eigenvalue weighted by atomic mass is 9.69. The third kappa shape index (κ3) is 3.37. The van der Waals surface area contributed by atoms with E-state index < -0.39 is 28.3 Å². The van der Waals surface area contributed by atoms with Crippen LogP contribution in [0.2, 0.25) is 5.02 Å². The smallest absolute Gasteiger partial charge is 0.269 e. The highest BCUT2D eigenvalue weighted by Crippen LogP contribution is 2.55. The van der Waals surface area contributed by atoms with E-state index in [1.165, 1.54) is 24.3 Å². The summed E-state index contributed by atoms with van der Waals surface area (Å²) >= 11 is 6.21. The summed E-state index contributed by atoms with van der Waals surface area (Å²) < 4.78 is 0. The van der Waals surface area contributed by atoms with Crippen molar-refractivity contribution in [2.24, 2.45) is 5.41 Å². The molecule has 8 heteroatoms. The van der Waals surface area contributed by atoms with Crippen LogP contribution in [0.4, 0.5) is 11.4 Å². The Balaban J connectivity index is 1.75. The molecule has 0 unspecified atom stereocenters. The maximum Gasteiger partial charge on any atom is 0.269 e. The van der Waals surface area contributed by atoms with E-state index in [0.717, 1.165) is 5.56 Å². The Hall–Kier alpha value is -4.46. The van der Waals surface area contributed by atoms with Crippen LogP contribution in [0, 0.1) is 38.2 Å². The molecule has 3 aromatic rings. The molecule has 1 fully saturated rings. The van der Waals surface area contributed by atoms with E-state index in [-0.39, 0.29) is 17.0 Å². The Morgan fingerprint density at radius 1 is 1.03 bits per heavy atom. The molecule has 2 aliphatic rings. The second-order valence-electron chi connectivity index (χ2n) is 8.51. The summed E-state index contributed by atoms with van der Waals surface area (Å²) in [7, 11) is 0. The van der Waals surface area contributed by atoms with Gasteiger partial charge in [0.05, 0.1) is 23.1 Å². The zero-order valence-electron chi connectivity index (χ0n) is 18.2. The second-order valence-corrected chi connectivity index (χ2v) is 8.94. The predicted octanol–water partition coefficient (Wildman–Crippen LogP) is 5.53. The second kappa shape index (κ2) is 8.39. The third-order valence-electron chi connectivity index (χ3n) is 6.76. The van der Waals surface area contributed by atoms with Crippen LogP contribution >= 0.6 is 11.6 Å². The van der Waals surface area contributed by atoms with Gasteiger partial charge in [-0.05, 0) is 41.5 Å². The highest BCUT2D eigenvalue weighted by molar-refractivity contribution is 6.30. The molecule has 0 N–H and O–H groups in total. The summed E-state index contributed by atoms with van der Waals surface area (Å²) in [6.07, 6.45) is 3.61. The van der Waals surface area contributed by atoms with Gasteiger partial charge in [-0.2, -0.15) is 10.5 Å². The minimum absolute atomic E-state index is 0.130. The van der Waals surface area contributed by atoms with Crippen molar-refractivity contribution in [3.05, 3.63) is 111 Å². The fourth-order valence-electron chi connectivity index (χ4n) is 5.22. The molecule has 0 aromatic heterocycles. The van der Waals surface area contributed by atoms with Gasteiger partial charge in [-0.1, -0.05) is 54.1 Å². The van der Waals surface area contributed by atoms with E-state index in [0.29, 0.717) is 16.3 Å². The van der Waals surface area contributed by atoms with Crippen molar-refractivity contribution in [1.29, 1.82) is 10.5 Å². The largest absolute Gasteiger partial charge is 0.351 e. The average Bonchev–Trinajstić information content (AvgIpc) is 3.19. The third-order valence-corrected chi connectivity index (χ3v) is 6.99. The number of nitrogens with zero attached hydrogens (tertiary/aromatic N) is 4. The van der Waals surface area contributed by atoms with Gasteiger partial charge in [0, 0.05) is 34.3 Å². The predicted molar refractivity (Wildman–Crippen MR) is 131 cm³/mol. The van der Waals surface area contributed by atoms with Crippen LogP contribution in [0.1, 0.15) is 27.4 Å². The summed E-state index contributed by atoms with van der Waals surface area (Å²) in [5.74, 6) is -1.11. The number of halogens is 1. The Kier molecular flexibility index (Phi) is 5.36. The van der Waals surface area contributed by atoms with E-state index in [2.05, 4.69) is 12.1 Å². The topological polar surface area (TPSA) is 111 Å². The first-order valence-electron chi connectivity index (χ1n) is 10.8. The van der Waals surface area contributed by atoms with Gasteiger partial charge in [0.15, 0.2) is 11.2 Å². The number of hydrogen-bond donors (Lipinski definition) is 0. The number of carbonyl (C=O) groups is 1. The highest BCUT2D eigenvalue weighted by Gasteiger charge is 2.63. The molecule has 170 valence electrons. The summed E-state index contributed by atoms with van der Waals surface area (Å²) in [5, 5.41) is 32.4. The quantitative estimate of drug-likeness (QED) is 0.275. The van der Waals surface area contributed by atoms with Gasteiger partial charge in [0.1, 0.15) is 6.04 Å². The van der Waals surface area contributed by atoms with E-state index in [9.17, 15) is 25.4 Å². The number of hydrogen-bond acceptors (Lipinski definition) is 6. The van der Waals surface area contributed by atoms with Gasteiger partial charge in [0.25, 0.3) is 5.69 Å². The van der Waals surface area contributed by atoms with Gasteiger partial charge >= 0.3 is 0 Å². The van der Waals surface area contributed by atoms with Crippen molar-refractivity contribution in [3.63, 3.8) is 0 Å². The Morgan fingerprint density at radius 3 is 2.34 bits per heavy atom. The molecule has 3 aromatic carbocycles. The first-order valence-corrected chi connectivity index (χ1v) is 11.2. The van der Waals surface area contributed by atoms with Crippen LogP contribution in [0.5, 0.6) is 0 Å². The number of nitro groups is 1. The lowest BCUT2D eigenvalue weighted by molar-refractivity contribution is -0.384. The number of ketones is 1. The maximum atomic E-state index is 14.1. The molecule has 3 atom stereocenters. The minimum Gasteiger partial charge on any atom is -0.351 e. The zero-order chi connectivity index (χ0) is 24.7. The molecule has 2 heterocycles. The Bertz CT molecular complexity index is 1440. The summed E-state index contributed by atoms with van der Waals surface area (Å²) in [4.78, 5) is 26.5. The maximum absolute atomic E-state index is 14.1. The fraction of sp³-hybridized carbons (Fsp3) is 0.148. The summed E-state index contributed by atoms with van der Waals surface area (Å²) in [6, 6.07) is 22.6. The standard InChI is InChI=1S/C27H17ClN4O3/c28-20-9-12-22-19(14-20)8-13-23-27(15-29,16-30)24(17-4-2-1-3-5-17)25(31(22)23)26(33)18-6-10-21(11-7-18)32(34)35/h1-14,23-25H/t23-,24+,25-/m1/s1. The van der Waals surface area contributed by atoms with Crippen LogP contribution in [-0.2, 0) is 0 Å². The summed E-state index contributed by atoms with van der Waals surface area (Å²) in [6.45, 7) is 0. The van der Waals surface area contributed by atoms with Crippen molar-refractivity contribution in [3.8, 4) is 12.1 Å². The number of Topliss-reactive ketones (excluding diaryl/α,β-unsaturated/α-hetero) is 1. The number of rotatable bonds is 4. The fourth-order valence-corrected chi connectivity index (χ4v) is 5.40. The summed E-state index contributed by atoms with van der Waals surface area (Å²) in [5.41, 5.74) is 0.723. The number of fused-ring (bicyclic) bond motifs is 3. The highest BCUT2D eigenvalue weighted by atomic mass is 35.5. The molecule has 5 rings (SSSR count). The van der Waals surface area contributed by atoms with Crippen LogP contribution in [0.3, 0.4) is 0 Å². The molecule has 7 nitrogen and oxygen atoms in total. The van der Waals surface area contributed by atoms with Crippen molar-refractivity contribution < 1.29 is 9.72 Å². The van der Waals surface area contributed by atoms with Gasteiger partial charge in [0.2, 0.25) is 0 Å². The minimum atomic E-state index is -1.56. The molecular formula is C27H17ClN4O3. The van der Waals surface area contributed by atoms with Crippen molar-refractivity contribution in [2.45, 2.75) is 18.0 Å². The molecule has 1 saturated heterocycles. The number of nitriles is 2. The average molecular weight is 481 g/mol. The number of nitro benzene ring substituents is 1. The van der Waals surface area contributed by atoms with Crippen LogP contribution in [-0.4, -0.2) is 22.8 Å². The lowest BCUT2D eigenvalue weighted by Gasteiger charge is -2.35. The molecule has 0 aliphatic carbocycles. The first kappa shape index (κ1) is 22.3.